The molecule has 2 aliphatic rings. The molecule has 108 heavy (non-hydrogen) atoms. The Bertz CT molecular complexity index is 3640. The van der Waals surface area contributed by atoms with Crippen molar-refractivity contribution < 1.29 is 81.8 Å². The van der Waals surface area contributed by atoms with E-state index >= 15 is 4.79 Å². The van der Waals surface area contributed by atoms with E-state index in [9.17, 15) is 53.4 Å². The maximum Gasteiger partial charge on any atom is 0.407 e. The molecule has 6 rings (SSSR count). The van der Waals surface area contributed by atoms with E-state index in [1.165, 1.54) is 25.2 Å². The summed E-state index contributed by atoms with van der Waals surface area (Å²) in [6, 6.07) is 21.9. The van der Waals surface area contributed by atoms with E-state index in [1.807, 2.05) is 80.6 Å². The Morgan fingerprint density at radius 3 is 1.91 bits per heavy atom. The van der Waals surface area contributed by atoms with Crippen molar-refractivity contribution in [1.29, 1.82) is 0 Å². The molecule has 0 saturated carbocycles. The van der Waals surface area contributed by atoms with Crippen LogP contribution in [0.1, 0.15) is 163 Å². The van der Waals surface area contributed by atoms with Crippen molar-refractivity contribution in [2.75, 3.05) is 66.0 Å². The van der Waals surface area contributed by atoms with Crippen LogP contribution in [0.25, 0.3) is 11.1 Å². The van der Waals surface area contributed by atoms with Gasteiger partial charge in [-0.3, -0.25) is 33.7 Å². The number of nitrogens with zero attached hydrogens (tertiary/aromatic N) is 3. The first-order valence-corrected chi connectivity index (χ1v) is 37.6. The minimum atomic E-state index is -1.43. The highest BCUT2D eigenvalue weighted by Crippen LogP contribution is 2.45. The van der Waals surface area contributed by atoms with E-state index in [0.29, 0.717) is 36.9 Å². The monoisotopic (exact) mass is 1500 g/mol. The third kappa shape index (κ3) is 24.2. The van der Waals surface area contributed by atoms with Crippen molar-refractivity contribution in [3.63, 3.8) is 0 Å². The molecule has 0 bridgehead atoms. The highest BCUT2D eigenvalue weighted by Gasteiger charge is 2.45. The molecule has 28 heteroatoms. The average Bonchev–Trinajstić information content (AvgIpc) is 1.60. The summed E-state index contributed by atoms with van der Waals surface area (Å²) in [5.41, 5.74) is 9.87. The highest BCUT2D eigenvalue weighted by molar-refractivity contribution is 5.99. The van der Waals surface area contributed by atoms with Gasteiger partial charge in [0.15, 0.2) is 0 Å². The van der Waals surface area contributed by atoms with Gasteiger partial charge in [-0.15, -0.1) is 0 Å². The van der Waals surface area contributed by atoms with Gasteiger partial charge < -0.3 is 86.6 Å². The van der Waals surface area contributed by atoms with Gasteiger partial charge in [-0.05, 0) is 129 Å². The molecule has 1 aliphatic heterocycles. The normalized spacial score (nSPS) is 16.5. The van der Waals surface area contributed by atoms with Crippen LogP contribution < -0.4 is 47.7 Å². The van der Waals surface area contributed by atoms with E-state index < -0.39 is 138 Å². The van der Waals surface area contributed by atoms with Crippen LogP contribution in [-0.2, 0) is 54.1 Å². The molecule has 1 aliphatic carbocycles. The minimum Gasteiger partial charge on any atom is -0.490 e. The van der Waals surface area contributed by atoms with E-state index in [2.05, 4.69) is 37.2 Å². The molecular formula is C80H117N11O17. The van der Waals surface area contributed by atoms with Crippen molar-refractivity contribution in [1.82, 2.24) is 46.6 Å². The summed E-state index contributed by atoms with van der Waals surface area (Å²) in [6.45, 7) is 22.8. The predicted molar refractivity (Wildman–Crippen MR) is 409 cm³/mol. The molecule has 1 fully saturated rings. The fourth-order valence-corrected chi connectivity index (χ4v) is 14.2. The van der Waals surface area contributed by atoms with Crippen LogP contribution in [0, 0.1) is 29.6 Å². The van der Waals surface area contributed by atoms with Crippen molar-refractivity contribution in [2.24, 2.45) is 35.3 Å². The smallest absolute Gasteiger partial charge is 0.407 e. The lowest BCUT2D eigenvalue weighted by Gasteiger charge is -2.41. The maximum absolute atomic E-state index is 15.1. The molecule has 0 radical (unpaired) electrons. The first-order chi connectivity index (χ1) is 51.1. The molecule has 11 N–H and O–H groups in total. The number of aliphatic hydroxyl groups is 1. The van der Waals surface area contributed by atoms with Gasteiger partial charge in [0.1, 0.15) is 48.7 Å². The summed E-state index contributed by atoms with van der Waals surface area (Å²) in [6.07, 6.45) is -3.72. The number of aliphatic hydroxyl groups excluding tert-OH is 1. The molecule has 11 amide bonds. The molecule has 12 atom stereocenters. The number of alkyl carbamates (subject to hydrolysis) is 2. The molecule has 0 spiro atoms. The number of hydrogen-bond acceptors (Lipinski definition) is 16. The number of likely N-dealkylation sites (N-methyl/N-ethyl adjacent to an activating group) is 1. The molecule has 1 saturated heterocycles. The number of nitrogens with two attached hydrogens (primary N) is 1. The lowest BCUT2D eigenvalue weighted by molar-refractivity contribution is -0.148. The summed E-state index contributed by atoms with van der Waals surface area (Å²) in [4.78, 5) is 143. The standard InChI is InChI=1S/C80H117N11O17/c1-17-49(8)68(63(104-15)44-64(92)90-40-26-34-61(90)70(105-16)50(9)71(94)84-51(10)69(93)53-27-19-18-20-28-53)89(14)75(98)66(47(4)5)87-74(97)67(48(6)7)91(79(102)103)41-37-52-35-36-59(62(43-52)106-42-39-83-77(100)108-80(11,12)13)85-72(95)60(33-25-38-82-76(81)99)86-73(96)65(46(2)3)88-78(101)107-45-58-56-31-23-21-29-54(56)55-30-22-24-32-57(55)58/h18-24,27-32,35-36,43,46-51,58,60-61,63,65-70,93H,17,25-26,33-34,37-42,44-45H2,1-16H3,(H,83,100)(H,84,94)(H,85,95)(H,86,96)(H,87,97)(H,88,101)(H,102,103)(H3,81,82,99)/t49-,50+,51+,60-,61-,63+,65-,66-,67-,68-,69+,70+/m0/s1. The van der Waals surface area contributed by atoms with Gasteiger partial charge in [0.25, 0.3) is 0 Å². The quantitative estimate of drug-likeness (QED) is 0.0186. The number of fused-ring (bicyclic) bond motifs is 3. The Labute approximate surface area is 635 Å². The summed E-state index contributed by atoms with van der Waals surface area (Å²) in [5, 5.41) is 41.3. The minimum absolute atomic E-state index is 0.0104. The Morgan fingerprint density at radius 2 is 1.33 bits per heavy atom. The number of hydrogen-bond donors (Lipinski definition) is 10. The fraction of sp³-hybridized carbons (Fsp3) is 0.575. The Hall–Kier alpha value is -9.54. The summed E-state index contributed by atoms with van der Waals surface area (Å²) in [5.74, 6) is -6.05. The number of rotatable bonds is 39. The number of carbonyl (C=O) groups is 10. The number of primary amides is 1. The van der Waals surface area contributed by atoms with Crippen LogP contribution in [0.5, 0.6) is 5.75 Å². The zero-order valence-electron chi connectivity index (χ0n) is 65.6. The predicted octanol–water partition coefficient (Wildman–Crippen LogP) is 8.87. The van der Waals surface area contributed by atoms with Gasteiger partial charge in [0, 0.05) is 46.8 Å². The van der Waals surface area contributed by atoms with Gasteiger partial charge in [0.2, 0.25) is 35.4 Å². The topological polar surface area (TPSA) is 377 Å². The summed E-state index contributed by atoms with van der Waals surface area (Å²) >= 11 is 0. The maximum atomic E-state index is 15.1. The van der Waals surface area contributed by atoms with Crippen LogP contribution >= 0.6 is 0 Å². The highest BCUT2D eigenvalue weighted by atomic mass is 16.6. The largest absolute Gasteiger partial charge is 0.490 e. The number of likely N-dealkylation sites (tertiary alicyclic amines) is 1. The first-order valence-electron chi connectivity index (χ1n) is 37.6. The zero-order valence-corrected chi connectivity index (χ0v) is 65.6. The number of ether oxygens (including phenoxy) is 5. The number of carboxylic acid groups (broad SMARTS) is 1. The lowest BCUT2D eigenvalue weighted by Crippen LogP contribution is -2.60. The second-order valence-corrected chi connectivity index (χ2v) is 30.2. The van der Waals surface area contributed by atoms with E-state index in [4.69, 9.17) is 29.4 Å². The number of amides is 11. The van der Waals surface area contributed by atoms with Crippen LogP contribution in [0.4, 0.5) is 24.9 Å². The Morgan fingerprint density at radius 1 is 0.704 bits per heavy atom. The molecule has 1 heterocycles. The molecule has 4 aromatic rings. The van der Waals surface area contributed by atoms with Crippen LogP contribution in [-0.4, -0.2) is 205 Å². The van der Waals surface area contributed by atoms with Gasteiger partial charge in [0.05, 0.1) is 61.0 Å². The Balaban J connectivity index is 1.18. The number of anilines is 1. The van der Waals surface area contributed by atoms with Crippen molar-refractivity contribution >= 4 is 65.4 Å². The zero-order chi connectivity index (χ0) is 79.9. The molecule has 28 nitrogen and oxygen atoms in total. The van der Waals surface area contributed by atoms with E-state index in [0.717, 1.165) is 27.2 Å². The number of nitrogens with one attached hydrogen (secondary N) is 7. The lowest BCUT2D eigenvalue weighted by atomic mass is 9.89. The van der Waals surface area contributed by atoms with Gasteiger partial charge >= 0.3 is 24.3 Å². The Kier molecular flexibility index (Phi) is 33.3. The van der Waals surface area contributed by atoms with Crippen LogP contribution in [0.15, 0.2) is 97.1 Å². The number of methoxy groups -OCH3 is 2. The van der Waals surface area contributed by atoms with Crippen LogP contribution in [0.3, 0.4) is 0 Å². The average molecular weight is 1500 g/mol. The third-order valence-corrected chi connectivity index (χ3v) is 20.1. The summed E-state index contributed by atoms with van der Waals surface area (Å²) < 4.78 is 29.5. The second-order valence-electron chi connectivity index (χ2n) is 30.2. The van der Waals surface area contributed by atoms with Crippen LogP contribution in [0.2, 0.25) is 0 Å². The molecule has 4 aromatic carbocycles. The fourth-order valence-electron chi connectivity index (χ4n) is 14.2. The SMILES string of the molecule is CC[C@H](C)[C@@H]([C@@H](CC(=O)N1CCC[C@H]1[C@H](OC)[C@@H](C)C(=O)N[C@H](C)[C@@H](O)c1ccccc1)OC)N(C)C(=O)[C@@H](NC(=O)[C@H](C(C)C)N(CCc1ccc(NC(=O)[C@H](CCCNC(N)=O)NC(=O)[C@@H](NC(=O)OCC2c3ccccc3-c3ccccc32)C(C)C)c(OCCNC(=O)OC(C)(C)C)c1)C(=O)O)C(C)C. The van der Waals surface area contributed by atoms with Gasteiger partial charge in [-0.25, -0.2) is 19.2 Å². The van der Waals surface area contributed by atoms with Gasteiger partial charge in [-0.1, -0.05) is 154 Å². The molecule has 0 aromatic heterocycles. The number of urea groups is 1. The molecule has 0 unspecified atom stereocenters. The van der Waals surface area contributed by atoms with Crippen molar-refractivity contribution in [2.45, 2.75) is 207 Å². The third-order valence-electron chi connectivity index (χ3n) is 20.1. The van der Waals surface area contributed by atoms with Gasteiger partial charge in [-0.2, -0.15) is 0 Å². The first kappa shape index (κ1) is 87.4. The van der Waals surface area contributed by atoms with Crippen molar-refractivity contribution in [3.05, 3.63) is 119 Å². The molecule has 594 valence electrons. The number of benzene rings is 4. The summed E-state index contributed by atoms with van der Waals surface area (Å²) in [7, 11) is 4.58. The van der Waals surface area contributed by atoms with E-state index in [1.54, 1.807) is 112 Å². The number of carbonyl (C=O) groups excluding carboxylic acids is 9. The van der Waals surface area contributed by atoms with Crippen molar-refractivity contribution in [3.8, 4) is 16.9 Å². The van der Waals surface area contributed by atoms with E-state index in [-0.39, 0.29) is 93.6 Å². The second kappa shape index (κ2) is 41.1. The molecular weight excluding hydrogens is 1390 g/mol.